The van der Waals surface area contributed by atoms with Crippen molar-refractivity contribution in [1.82, 2.24) is 15.0 Å². The van der Waals surface area contributed by atoms with Crippen LogP contribution in [-0.4, -0.2) is 45.9 Å². The first-order chi connectivity index (χ1) is 12.7. The van der Waals surface area contributed by atoms with Gasteiger partial charge < -0.3 is 0 Å². The lowest BCUT2D eigenvalue weighted by Gasteiger charge is -2.29. The Bertz CT molecular complexity index is 873. The van der Waals surface area contributed by atoms with E-state index in [1.807, 2.05) is 17.1 Å². The van der Waals surface area contributed by atoms with Gasteiger partial charge in [0.25, 0.3) is 5.91 Å². The molecule has 0 spiro atoms. The molecule has 4 heterocycles. The van der Waals surface area contributed by atoms with Crippen molar-refractivity contribution in [3.8, 4) is 0 Å². The van der Waals surface area contributed by atoms with E-state index < -0.39 is 17.8 Å². The third kappa shape index (κ3) is 2.07. The monoisotopic (exact) mass is 352 g/mol. The van der Waals surface area contributed by atoms with Crippen molar-refractivity contribution in [2.45, 2.75) is 18.5 Å². The third-order valence-electron chi connectivity index (χ3n) is 5.54. The predicted molar refractivity (Wildman–Crippen MR) is 91.2 cm³/mol. The van der Waals surface area contributed by atoms with Gasteiger partial charge in [-0.25, -0.2) is 19.3 Å². The molecule has 0 unspecified atom stereocenters. The Morgan fingerprint density at radius 1 is 0.885 bits per heavy atom. The summed E-state index contributed by atoms with van der Waals surface area (Å²) in [5, 5.41) is 4.20. The van der Waals surface area contributed by atoms with Crippen molar-refractivity contribution in [3.63, 3.8) is 0 Å². The molecule has 0 N–H and O–H groups in total. The van der Waals surface area contributed by atoms with Crippen molar-refractivity contribution in [3.05, 3.63) is 60.2 Å². The summed E-state index contributed by atoms with van der Waals surface area (Å²) < 4.78 is 13.2. The van der Waals surface area contributed by atoms with Crippen LogP contribution >= 0.6 is 0 Å². The summed E-state index contributed by atoms with van der Waals surface area (Å²) in [6.45, 7) is 1.59. The molecular formula is C19H17FN4O2. The van der Waals surface area contributed by atoms with Crippen LogP contribution in [0.25, 0.3) is 0 Å². The van der Waals surface area contributed by atoms with Gasteiger partial charge in [0.05, 0.1) is 17.6 Å². The molecule has 0 saturated carbocycles. The van der Waals surface area contributed by atoms with Crippen molar-refractivity contribution in [2.24, 2.45) is 5.92 Å². The number of imide groups is 1. The second-order valence-electron chi connectivity index (χ2n) is 6.86. The Kier molecular flexibility index (Phi) is 3.41. The first-order valence-electron chi connectivity index (χ1n) is 8.73. The number of amides is 2. The average Bonchev–Trinajstić information content (AvgIpc) is 3.29. The fourth-order valence-electron chi connectivity index (χ4n) is 4.52. The Balaban J connectivity index is 1.58. The summed E-state index contributed by atoms with van der Waals surface area (Å²) in [5.74, 6) is -1.30. The van der Waals surface area contributed by atoms with Crippen molar-refractivity contribution in [2.75, 3.05) is 18.0 Å². The number of aromatic nitrogens is 1. The minimum Gasteiger partial charge on any atom is -0.274 e. The van der Waals surface area contributed by atoms with Crippen LogP contribution in [0.4, 0.5) is 10.1 Å². The van der Waals surface area contributed by atoms with E-state index in [0.717, 1.165) is 25.1 Å². The Labute approximate surface area is 149 Å². The maximum Gasteiger partial charge on any atom is 0.253 e. The molecule has 3 aliphatic heterocycles. The zero-order valence-electron chi connectivity index (χ0n) is 14.0. The molecule has 0 radical (unpaired) electrons. The van der Waals surface area contributed by atoms with E-state index in [0.29, 0.717) is 5.69 Å². The van der Waals surface area contributed by atoms with Crippen LogP contribution in [0.15, 0.2) is 48.8 Å². The summed E-state index contributed by atoms with van der Waals surface area (Å²) in [5.41, 5.74) is 1.41. The topological polar surface area (TPSA) is 56.8 Å². The van der Waals surface area contributed by atoms with Crippen LogP contribution < -0.4 is 4.90 Å². The van der Waals surface area contributed by atoms with E-state index in [1.165, 1.54) is 29.2 Å². The predicted octanol–water partition coefficient (Wildman–Crippen LogP) is 1.76. The summed E-state index contributed by atoms with van der Waals surface area (Å²) in [6.07, 6.45) is 4.38. The maximum atomic E-state index is 13.2. The number of hydrogen-bond donors (Lipinski definition) is 0. The van der Waals surface area contributed by atoms with Crippen molar-refractivity contribution < 1.29 is 14.0 Å². The summed E-state index contributed by atoms with van der Waals surface area (Å²) >= 11 is 0. The van der Waals surface area contributed by atoms with E-state index in [1.54, 1.807) is 12.4 Å². The van der Waals surface area contributed by atoms with Gasteiger partial charge in [0, 0.05) is 25.5 Å². The van der Waals surface area contributed by atoms with Gasteiger partial charge >= 0.3 is 0 Å². The number of hydrogen-bond acceptors (Lipinski definition) is 5. The minimum atomic E-state index is -0.492. The highest BCUT2D eigenvalue weighted by atomic mass is 19.1. The number of carbonyl (C=O) groups excluding carboxylic acids is 2. The lowest BCUT2D eigenvalue weighted by atomic mass is 9.90. The smallest absolute Gasteiger partial charge is 0.253 e. The second-order valence-corrected chi connectivity index (χ2v) is 6.86. The summed E-state index contributed by atoms with van der Waals surface area (Å²) in [7, 11) is 0. The zero-order chi connectivity index (χ0) is 17.8. The van der Waals surface area contributed by atoms with Crippen molar-refractivity contribution in [1.29, 1.82) is 0 Å². The number of pyridine rings is 1. The SMILES string of the molecule is O=C1[C@H]2[C@@H](c3ccncc3)N3CCCN3[C@H]2C(=O)N1c1ccc(F)cc1. The largest absolute Gasteiger partial charge is 0.274 e. The van der Waals surface area contributed by atoms with Gasteiger partial charge in [-0.1, -0.05) is 0 Å². The van der Waals surface area contributed by atoms with Gasteiger partial charge in [-0.15, -0.1) is 0 Å². The number of rotatable bonds is 2. The molecule has 3 aliphatic rings. The fourth-order valence-corrected chi connectivity index (χ4v) is 4.52. The van der Waals surface area contributed by atoms with E-state index in [9.17, 15) is 14.0 Å². The van der Waals surface area contributed by atoms with Crippen LogP contribution in [0.1, 0.15) is 18.0 Å². The summed E-state index contributed by atoms with van der Waals surface area (Å²) in [4.78, 5) is 31.7. The number of hydrazine groups is 1. The Morgan fingerprint density at radius 3 is 2.23 bits per heavy atom. The number of halogens is 1. The van der Waals surface area contributed by atoms with Crippen molar-refractivity contribution >= 4 is 17.5 Å². The number of anilines is 1. The maximum absolute atomic E-state index is 13.2. The van der Waals surface area contributed by atoms with Gasteiger partial charge in [-0.3, -0.25) is 14.6 Å². The lowest BCUT2D eigenvalue weighted by molar-refractivity contribution is -0.126. The molecule has 1 aromatic heterocycles. The first-order valence-corrected chi connectivity index (χ1v) is 8.73. The molecule has 6 nitrogen and oxygen atoms in total. The van der Waals surface area contributed by atoms with E-state index in [-0.39, 0.29) is 17.9 Å². The standard InChI is InChI=1S/C19H17FN4O2/c20-13-2-4-14(5-3-13)24-18(25)15-16(12-6-8-21-9-7-12)22-10-1-11-23(22)17(15)19(24)26/h2-9,15-17H,1,10-11H2/t15-,16+,17+/m0/s1. The normalized spacial score (nSPS) is 28.7. The average molecular weight is 352 g/mol. The molecule has 3 saturated heterocycles. The molecule has 1 aromatic carbocycles. The van der Waals surface area contributed by atoms with Gasteiger partial charge in [-0.05, 0) is 48.4 Å². The van der Waals surface area contributed by atoms with Gasteiger partial charge in [0.2, 0.25) is 5.91 Å². The quantitative estimate of drug-likeness (QED) is 0.771. The van der Waals surface area contributed by atoms with Crippen LogP contribution in [-0.2, 0) is 9.59 Å². The van der Waals surface area contributed by atoms with Gasteiger partial charge in [0.1, 0.15) is 11.9 Å². The second kappa shape index (κ2) is 5.69. The molecule has 0 aliphatic carbocycles. The highest BCUT2D eigenvalue weighted by Crippen LogP contribution is 2.48. The highest BCUT2D eigenvalue weighted by Gasteiger charge is 2.62. The Morgan fingerprint density at radius 2 is 1.54 bits per heavy atom. The zero-order valence-corrected chi connectivity index (χ0v) is 14.0. The molecule has 5 rings (SSSR count). The minimum absolute atomic E-state index is 0.174. The first kappa shape index (κ1) is 15.6. The van der Waals surface area contributed by atoms with E-state index >= 15 is 0 Å². The van der Waals surface area contributed by atoms with Crippen LogP contribution in [0, 0.1) is 11.7 Å². The van der Waals surface area contributed by atoms with Crippen LogP contribution in [0.5, 0.6) is 0 Å². The Hall–Kier alpha value is -2.64. The van der Waals surface area contributed by atoms with Gasteiger partial charge in [0.15, 0.2) is 0 Å². The van der Waals surface area contributed by atoms with Gasteiger partial charge in [-0.2, -0.15) is 0 Å². The number of nitrogens with zero attached hydrogens (tertiary/aromatic N) is 4. The van der Waals surface area contributed by atoms with E-state index in [4.69, 9.17) is 0 Å². The molecule has 132 valence electrons. The molecule has 7 heteroatoms. The molecule has 2 amide bonds. The van der Waals surface area contributed by atoms with Crippen LogP contribution in [0.2, 0.25) is 0 Å². The molecular weight excluding hydrogens is 335 g/mol. The lowest BCUT2D eigenvalue weighted by Crippen LogP contribution is -2.44. The number of carbonyl (C=O) groups is 2. The fraction of sp³-hybridized carbons (Fsp3) is 0.316. The summed E-state index contributed by atoms with van der Waals surface area (Å²) in [6, 6.07) is 8.65. The number of fused-ring (bicyclic) bond motifs is 3. The molecule has 2 aromatic rings. The van der Waals surface area contributed by atoms with E-state index in [2.05, 4.69) is 9.99 Å². The highest BCUT2D eigenvalue weighted by molar-refractivity contribution is 6.24. The molecule has 26 heavy (non-hydrogen) atoms. The third-order valence-corrected chi connectivity index (χ3v) is 5.54. The molecule has 3 fully saturated rings. The number of benzene rings is 1. The molecule has 0 bridgehead atoms. The van der Waals surface area contributed by atoms with Crippen LogP contribution in [0.3, 0.4) is 0 Å². The molecule has 3 atom stereocenters.